The molecule has 1 aliphatic rings. The number of aromatic amines is 1. The molecule has 1 aliphatic heterocycles. The van der Waals surface area contributed by atoms with Gasteiger partial charge in [-0.3, -0.25) is 19.4 Å². The smallest absolute Gasteiger partial charge is 0.431 e. The molecule has 1 saturated heterocycles. The van der Waals surface area contributed by atoms with E-state index in [2.05, 4.69) is 33.2 Å². The third kappa shape index (κ3) is 3.87. The zero-order valence-electron chi connectivity index (χ0n) is 15.9. The van der Waals surface area contributed by atoms with Crippen molar-refractivity contribution in [3.8, 4) is 11.4 Å². The Hall–Kier alpha value is -2.99. The Morgan fingerprint density at radius 1 is 1.17 bits per heavy atom. The van der Waals surface area contributed by atoms with Crippen LogP contribution in [0, 0.1) is 3.57 Å². The predicted molar refractivity (Wildman–Crippen MR) is 114 cm³/mol. The van der Waals surface area contributed by atoms with Gasteiger partial charge in [-0.1, -0.05) is 0 Å². The maximum Gasteiger partial charge on any atom is 0.431 e. The van der Waals surface area contributed by atoms with E-state index >= 15 is 0 Å². The zero-order valence-corrected chi connectivity index (χ0v) is 18.1. The maximum absolute atomic E-state index is 12.8. The molecule has 0 radical (unpaired) electrons. The molecule has 0 spiro atoms. The first-order valence-electron chi connectivity index (χ1n) is 9.10. The molecule has 2 heterocycles. The number of anilines is 1. The molecule has 2 aromatic carbocycles. The lowest BCUT2D eigenvalue weighted by Gasteiger charge is -2.15. The van der Waals surface area contributed by atoms with Crippen LogP contribution in [0.25, 0.3) is 5.69 Å². The van der Waals surface area contributed by atoms with Crippen molar-refractivity contribution < 1.29 is 23.5 Å². The highest BCUT2D eigenvalue weighted by atomic mass is 127. The third-order valence-electron chi connectivity index (χ3n) is 4.81. The fourth-order valence-corrected chi connectivity index (χ4v) is 3.62. The van der Waals surface area contributed by atoms with Crippen LogP contribution in [-0.4, -0.2) is 30.2 Å². The van der Waals surface area contributed by atoms with Crippen LogP contribution < -0.4 is 25.3 Å². The summed E-state index contributed by atoms with van der Waals surface area (Å²) in [6.07, 6.45) is 0.0170. The standard InChI is InChI=1S/C20H17IN4O5/c1-29-15-8-6-14(7-9-15)25-17(20(28)30-23-25)11-22-16-10-18(26)24(19(16)27)13-4-2-12(21)3-5-13/h2-9,16,22H,10-11H2,1H3/p+1. The second kappa shape index (κ2) is 8.40. The molecule has 1 fully saturated rings. The van der Waals surface area contributed by atoms with Gasteiger partial charge in [0, 0.05) is 15.7 Å². The fraction of sp³-hybridized carbons (Fsp3) is 0.200. The highest BCUT2D eigenvalue weighted by Gasteiger charge is 2.40. The highest BCUT2D eigenvalue weighted by Crippen LogP contribution is 2.23. The molecule has 3 aromatic rings. The average Bonchev–Trinajstić information content (AvgIpc) is 3.26. The van der Waals surface area contributed by atoms with E-state index in [4.69, 9.17) is 9.26 Å². The molecule has 0 saturated carbocycles. The molecular weight excluding hydrogens is 503 g/mol. The van der Waals surface area contributed by atoms with Crippen LogP contribution in [0.5, 0.6) is 5.75 Å². The van der Waals surface area contributed by atoms with Crippen LogP contribution >= 0.6 is 22.6 Å². The van der Waals surface area contributed by atoms with Crippen LogP contribution in [0.2, 0.25) is 0 Å². The molecule has 1 aromatic heterocycles. The molecule has 154 valence electrons. The molecule has 1 atom stereocenters. The van der Waals surface area contributed by atoms with E-state index in [0.29, 0.717) is 17.1 Å². The van der Waals surface area contributed by atoms with Gasteiger partial charge >= 0.3 is 11.3 Å². The van der Waals surface area contributed by atoms with E-state index in [1.54, 1.807) is 43.5 Å². The number of halogens is 1. The number of imide groups is 1. The predicted octanol–water partition coefficient (Wildman–Crippen LogP) is 1.28. The number of nitrogens with one attached hydrogen (secondary N) is 2. The minimum Gasteiger partial charge on any atom is -0.497 e. The zero-order chi connectivity index (χ0) is 21.3. The molecule has 10 heteroatoms. The van der Waals surface area contributed by atoms with Crippen LogP contribution in [0.15, 0.2) is 57.8 Å². The lowest BCUT2D eigenvalue weighted by atomic mass is 10.2. The monoisotopic (exact) mass is 521 g/mol. The van der Waals surface area contributed by atoms with Crippen molar-refractivity contribution in [3.05, 3.63) is 68.2 Å². The van der Waals surface area contributed by atoms with Gasteiger partial charge in [0.1, 0.15) is 5.75 Å². The number of amides is 2. The van der Waals surface area contributed by atoms with Crippen molar-refractivity contribution >= 4 is 40.1 Å². The topological polar surface area (TPSA) is 109 Å². The van der Waals surface area contributed by atoms with Crippen molar-refractivity contribution in [2.75, 3.05) is 12.0 Å². The van der Waals surface area contributed by atoms with E-state index in [-0.39, 0.29) is 30.5 Å². The van der Waals surface area contributed by atoms with Gasteiger partial charge in [-0.2, -0.15) is 0 Å². The SMILES string of the molecule is COc1ccc(-[n+]2[nH]oc(=O)c2CNC2CC(=O)N(c3ccc(I)cc3)C2=O)cc1. The first-order chi connectivity index (χ1) is 14.5. The van der Waals surface area contributed by atoms with Gasteiger partial charge in [-0.15, -0.1) is 0 Å². The number of ether oxygens (including phenoxy) is 1. The van der Waals surface area contributed by atoms with Gasteiger partial charge in [0.2, 0.25) is 11.6 Å². The number of hydrogen-bond donors (Lipinski definition) is 2. The number of carbonyl (C=O) groups is 2. The number of nitrogens with zero attached hydrogens (tertiary/aromatic N) is 2. The number of methoxy groups -OCH3 is 1. The maximum atomic E-state index is 12.8. The summed E-state index contributed by atoms with van der Waals surface area (Å²) in [5.41, 5.74) is 0.898. The van der Waals surface area contributed by atoms with E-state index in [1.807, 2.05) is 12.1 Å². The first kappa shape index (κ1) is 20.3. The Morgan fingerprint density at radius 2 is 1.87 bits per heavy atom. The molecule has 0 aliphatic carbocycles. The molecule has 30 heavy (non-hydrogen) atoms. The van der Waals surface area contributed by atoms with Gasteiger partial charge < -0.3 is 4.74 Å². The van der Waals surface area contributed by atoms with Gasteiger partial charge in [0.25, 0.3) is 5.91 Å². The summed E-state index contributed by atoms with van der Waals surface area (Å²) < 4.78 is 12.5. The van der Waals surface area contributed by atoms with Gasteiger partial charge in [-0.25, -0.2) is 9.69 Å². The van der Waals surface area contributed by atoms with E-state index < -0.39 is 11.7 Å². The van der Waals surface area contributed by atoms with E-state index in [0.717, 1.165) is 3.57 Å². The number of hydrogen-bond acceptors (Lipinski definition) is 6. The van der Waals surface area contributed by atoms with E-state index in [1.165, 1.54) is 9.58 Å². The Balaban J connectivity index is 1.51. The Labute approximate surface area is 184 Å². The lowest BCUT2D eigenvalue weighted by molar-refractivity contribution is -0.677. The fourth-order valence-electron chi connectivity index (χ4n) is 3.26. The molecule has 9 nitrogen and oxygen atoms in total. The molecule has 2 N–H and O–H groups in total. The second-order valence-corrected chi connectivity index (χ2v) is 7.89. The minimum atomic E-state index is -0.726. The number of carbonyl (C=O) groups excluding carboxylic acids is 2. The van der Waals surface area contributed by atoms with Gasteiger partial charge in [-0.05, 0) is 68.9 Å². The molecule has 4 rings (SSSR count). The van der Waals surface area contributed by atoms with Gasteiger partial charge in [0.15, 0.2) is 0 Å². The van der Waals surface area contributed by atoms with Crippen molar-refractivity contribution in [3.63, 3.8) is 0 Å². The third-order valence-corrected chi connectivity index (χ3v) is 5.53. The van der Waals surface area contributed by atoms with Crippen LogP contribution in [-0.2, 0) is 16.1 Å². The second-order valence-electron chi connectivity index (χ2n) is 6.64. The average molecular weight is 521 g/mol. The van der Waals surface area contributed by atoms with Gasteiger partial charge in [0.05, 0.1) is 31.8 Å². The van der Waals surface area contributed by atoms with Crippen molar-refractivity contribution in [1.82, 2.24) is 10.6 Å². The normalized spacial score (nSPS) is 16.3. The van der Waals surface area contributed by atoms with Crippen LogP contribution in [0.1, 0.15) is 12.1 Å². The number of H-pyrrole nitrogens is 1. The Kier molecular flexibility index (Phi) is 5.68. The molecule has 0 bridgehead atoms. The Bertz CT molecular complexity index is 1140. The van der Waals surface area contributed by atoms with E-state index in [9.17, 15) is 14.4 Å². The largest absolute Gasteiger partial charge is 0.497 e. The Morgan fingerprint density at radius 3 is 2.53 bits per heavy atom. The van der Waals surface area contributed by atoms with Crippen molar-refractivity contribution in [2.24, 2.45) is 0 Å². The molecule has 2 amide bonds. The summed E-state index contributed by atoms with van der Waals surface area (Å²) in [6.45, 7) is 0.0437. The first-order valence-corrected chi connectivity index (χ1v) is 10.2. The summed E-state index contributed by atoms with van der Waals surface area (Å²) in [4.78, 5) is 38.5. The van der Waals surface area contributed by atoms with Crippen molar-refractivity contribution in [1.29, 1.82) is 0 Å². The quantitative estimate of drug-likeness (QED) is 0.288. The summed E-state index contributed by atoms with van der Waals surface area (Å²) in [6, 6.07) is 13.4. The highest BCUT2D eigenvalue weighted by molar-refractivity contribution is 14.1. The van der Waals surface area contributed by atoms with Crippen LogP contribution in [0.3, 0.4) is 0 Å². The number of benzene rings is 2. The lowest BCUT2D eigenvalue weighted by Crippen LogP contribution is -2.44. The molecule has 1 unspecified atom stereocenters. The van der Waals surface area contributed by atoms with Crippen molar-refractivity contribution in [2.45, 2.75) is 19.0 Å². The summed E-state index contributed by atoms with van der Waals surface area (Å²) in [5, 5.41) is 5.56. The summed E-state index contributed by atoms with van der Waals surface area (Å²) in [7, 11) is 1.57. The minimum absolute atomic E-state index is 0.0170. The number of rotatable bonds is 6. The summed E-state index contributed by atoms with van der Waals surface area (Å²) in [5.74, 6) is 0.0376. The summed E-state index contributed by atoms with van der Waals surface area (Å²) >= 11 is 2.16. The van der Waals surface area contributed by atoms with Crippen LogP contribution in [0.4, 0.5) is 5.69 Å². The number of aromatic nitrogens is 2. The molecular formula is C20H18IN4O5+.